The predicted octanol–water partition coefficient (Wildman–Crippen LogP) is 0.669. The lowest BCUT2D eigenvalue weighted by atomic mass is 10.3. The van der Waals surface area contributed by atoms with Crippen LogP contribution < -0.4 is 9.53 Å². The summed E-state index contributed by atoms with van der Waals surface area (Å²) in [7, 11) is -2.78. The molecular formula is C12H11F3N4O4S2. The van der Waals surface area contributed by atoms with Crippen molar-refractivity contribution in [3.8, 4) is 0 Å². The predicted molar refractivity (Wildman–Crippen MR) is 79.1 cm³/mol. The second-order valence-electron chi connectivity index (χ2n) is 4.68. The Morgan fingerprint density at radius 2 is 2.12 bits per heavy atom. The highest BCUT2D eigenvalue weighted by molar-refractivity contribution is 7.91. The van der Waals surface area contributed by atoms with Gasteiger partial charge < -0.3 is 5.21 Å². The van der Waals surface area contributed by atoms with Crippen molar-refractivity contribution in [1.82, 2.24) is 9.78 Å². The van der Waals surface area contributed by atoms with Crippen molar-refractivity contribution in [2.45, 2.75) is 18.0 Å². The van der Waals surface area contributed by atoms with Crippen molar-refractivity contribution in [2.24, 2.45) is 12.0 Å². The zero-order valence-corrected chi connectivity index (χ0v) is 14.4. The average molecular weight is 396 g/mol. The molecule has 0 aliphatic carbocycles. The molecule has 2 aromatic rings. The molecule has 0 spiro atoms. The number of amides is 1. The number of pyridine rings is 1. The summed E-state index contributed by atoms with van der Waals surface area (Å²) < 4.78 is 62.7. The van der Waals surface area contributed by atoms with Crippen LogP contribution in [0.2, 0.25) is 0 Å². The smallest absolute Gasteiger partial charge is 0.445 e. The van der Waals surface area contributed by atoms with Crippen LogP contribution in [0.1, 0.15) is 22.4 Å². The average Bonchev–Trinajstić information content (AvgIpc) is 2.88. The maximum atomic E-state index is 12.6. The monoisotopic (exact) mass is 396 g/mol. The molecule has 0 unspecified atom stereocenters. The molecule has 2 aromatic heterocycles. The summed E-state index contributed by atoms with van der Waals surface area (Å²) in [5.41, 5.74) is -0.786. The topological polar surface area (TPSA) is 108 Å². The zero-order chi connectivity index (χ0) is 19.0. The van der Waals surface area contributed by atoms with Crippen LogP contribution >= 0.6 is 11.3 Å². The maximum Gasteiger partial charge on any atom is 0.445 e. The molecule has 25 heavy (non-hydrogen) atoms. The summed E-state index contributed by atoms with van der Waals surface area (Å²) in [5.74, 6) is -1.65. The van der Waals surface area contributed by atoms with E-state index in [4.69, 9.17) is 0 Å². The van der Waals surface area contributed by atoms with E-state index < -0.39 is 42.3 Å². The molecule has 0 fully saturated rings. The molecule has 13 heteroatoms. The first-order valence-electron chi connectivity index (χ1n) is 6.62. The second kappa shape index (κ2) is 6.55. The van der Waals surface area contributed by atoms with E-state index in [0.29, 0.717) is 0 Å². The molecule has 0 aromatic carbocycles. The number of hydrogen-bond acceptors (Lipinski definition) is 6. The van der Waals surface area contributed by atoms with Gasteiger partial charge in [0.1, 0.15) is 4.90 Å². The number of carbonyl (C=O) groups excluding carboxylic acids is 1. The van der Waals surface area contributed by atoms with Gasteiger partial charge in [-0.05, 0) is 6.07 Å². The van der Waals surface area contributed by atoms with Gasteiger partial charge in [0.25, 0.3) is 0 Å². The number of halogens is 3. The molecule has 8 nitrogen and oxygen atoms in total. The van der Waals surface area contributed by atoms with Gasteiger partial charge in [0.2, 0.25) is 9.81 Å². The van der Waals surface area contributed by atoms with E-state index in [0.717, 1.165) is 30.1 Å². The molecule has 2 rings (SSSR count). The first-order chi connectivity index (χ1) is 11.5. The molecule has 0 bridgehead atoms. The Labute approximate surface area is 143 Å². The highest BCUT2D eigenvalue weighted by atomic mass is 32.2. The third kappa shape index (κ3) is 3.87. The number of carbonyl (C=O) groups is 1. The SMILES string of the molecule is CCS(=O)(=O)c1ccc[n+]([O-])c1C(=O)N=c1sc(C(F)(F)F)nn1C. The van der Waals surface area contributed by atoms with Crippen LogP contribution in [0.4, 0.5) is 13.2 Å². The standard InChI is InChI=1S/C12H11F3N4O4S2/c1-3-25(22,23)7-5-4-6-19(21)8(7)9(20)16-11-18(2)17-10(24-11)12(13,14)15/h4-6H,3H2,1-2H3. The van der Waals surface area contributed by atoms with Crippen molar-refractivity contribution in [3.63, 3.8) is 0 Å². The van der Waals surface area contributed by atoms with Crippen molar-refractivity contribution in [1.29, 1.82) is 0 Å². The van der Waals surface area contributed by atoms with Gasteiger partial charge in [-0.1, -0.05) is 18.3 Å². The summed E-state index contributed by atoms with van der Waals surface area (Å²) in [5, 5.41) is 13.8. The quantitative estimate of drug-likeness (QED) is 0.560. The van der Waals surface area contributed by atoms with Crippen molar-refractivity contribution < 1.29 is 31.1 Å². The van der Waals surface area contributed by atoms with Crippen LogP contribution in [0.3, 0.4) is 0 Å². The van der Waals surface area contributed by atoms with Gasteiger partial charge in [-0.25, -0.2) is 13.1 Å². The Morgan fingerprint density at radius 3 is 2.64 bits per heavy atom. The van der Waals surface area contributed by atoms with Crippen molar-refractivity contribution >= 4 is 27.1 Å². The van der Waals surface area contributed by atoms with Crippen LogP contribution in [0.5, 0.6) is 0 Å². The number of hydrogen-bond donors (Lipinski definition) is 0. The third-order valence-corrected chi connectivity index (χ3v) is 5.79. The number of aryl methyl sites for hydroxylation is 1. The molecule has 0 radical (unpaired) electrons. The molecule has 136 valence electrons. The van der Waals surface area contributed by atoms with Gasteiger partial charge in [0.15, 0.2) is 16.0 Å². The van der Waals surface area contributed by atoms with Crippen LogP contribution in [0, 0.1) is 5.21 Å². The third-order valence-electron chi connectivity index (χ3n) is 2.99. The van der Waals surface area contributed by atoms with Crippen LogP contribution in [0.25, 0.3) is 0 Å². The summed E-state index contributed by atoms with van der Waals surface area (Å²) >= 11 is 0.0930. The number of nitrogens with zero attached hydrogens (tertiary/aromatic N) is 4. The van der Waals surface area contributed by atoms with E-state index in [1.165, 1.54) is 6.92 Å². The highest BCUT2D eigenvalue weighted by Crippen LogP contribution is 2.28. The number of aromatic nitrogens is 3. The van der Waals surface area contributed by atoms with E-state index in [-0.39, 0.29) is 21.8 Å². The van der Waals surface area contributed by atoms with Gasteiger partial charge in [0.05, 0.1) is 5.75 Å². The van der Waals surface area contributed by atoms with Gasteiger partial charge in [-0.2, -0.15) is 28.0 Å². The molecule has 2 heterocycles. The highest BCUT2D eigenvalue weighted by Gasteiger charge is 2.36. The van der Waals surface area contributed by atoms with E-state index in [2.05, 4.69) is 10.1 Å². The summed E-state index contributed by atoms with van der Waals surface area (Å²) in [6.07, 6.45) is -3.83. The largest absolute Gasteiger partial charge is 0.618 e. The van der Waals surface area contributed by atoms with E-state index in [1.807, 2.05) is 0 Å². The van der Waals surface area contributed by atoms with Gasteiger partial charge >= 0.3 is 17.8 Å². The van der Waals surface area contributed by atoms with E-state index in [1.54, 1.807) is 0 Å². The fraction of sp³-hybridized carbons (Fsp3) is 0.333. The lowest BCUT2D eigenvalue weighted by Gasteiger charge is -2.06. The normalized spacial score (nSPS) is 13.2. The summed E-state index contributed by atoms with van der Waals surface area (Å²) in [6, 6.07) is 2.20. The molecule has 0 aliphatic rings. The van der Waals surface area contributed by atoms with E-state index in [9.17, 15) is 31.6 Å². The fourth-order valence-electron chi connectivity index (χ4n) is 1.78. The number of alkyl halides is 3. The fourth-order valence-corrected chi connectivity index (χ4v) is 3.60. The van der Waals surface area contributed by atoms with Crippen LogP contribution in [-0.4, -0.2) is 29.9 Å². The Balaban J connectivity index is 2.63. The van der Waals surface area contributed by atoms with Gasteiger partial charge in [0, 0.05) is 13.1 Å². The number of sulfone groups is 1. The lowest BCUT2D eigenvalue weighted by molar-refractivity contribution is -0.609. The molecular weight excluding hydrogens is 385 g/mol. The summed E-state index contributed by atoms with van der Waals surface area (Å²) in [4.78, 5) is 14.7. The molecule has 0 saturated heterocycles. The molecule has 1 amide bonds. The van der Waals surface area contributed by atoms with Crippen LogP contribution in [-0.2, 0) is 23.1 Å². The van der Waals surface area contributed by atoms with Crippen molar-refractivity contribution in [3.05, 3.63) is 39.0 Å². The van der Waals surface area contributed by atoms with Crippen LogP contribution in [0.15, 0.2) is 28.2 Å². The molecule has 0 atom stereocenters. The zero-order valence-electron chi connectivity index (χ0n) is 12.8. The Hall–Kier alpha value is -2.28. The Bertz CT molecular complexity index is 993. The Kier molecular flexibility index (Phi) is 4.99. The maximum absolute atomic E-state index is 12.6. The molecule has 0 saturated carbocycles. The first kappa shape index (κ1) is 19.1. The lowest BCUT2D eigenvalue weighted by Crippen LogP contribution is -2.36. The minimum Gasteiger partial charge on any atom is -0.618 e. The first-order valence-corrected chi connectivity index (χ1v) is 9.09. The van der Waals surface area contributed by atoms with Gasteiger partial charge in [-0.15, -0.1) is 0 Å². The van der Waals surface area contributed by atoms with Crippen molar-refractivity contribution in [2.75, 3.05) is 5.75 Å². The Morgan fingerprint density at radius 1 is 1.48 bits per heavy atom. The minimum atomic E-state index is -4.72. The number of rotatable bonds is 3. The summed E-state index contributed by atoms with van der Waals surface area (Å²) in [6.45, 7) is 1.32. The second-order valence-corrected chi connectivity index (χ2v) is 7.88. The molecule has 0 N–H and O–H groups in total. The van der Waals surface area contributed by atoms with Gasteiger partial charge in [-0.3, -0.25) is 4.79 Å². The molecule has 0 aliphatic heterocycles. The minimum absolute atomic E-state index is 0.0140. The van der Waals surface area contributed by atoms with E-state index >= 15 is 0 Å².